The summed E-state index contributed by atoms with van der Waals surface area (Å²) in [6.07, 6.45) is 1.63. The number of Topliss-reactive ketones (excluding diaryl/α,β-unsaturated/α-hetero) is 1. The zero-order chi connectivity index (χ0) is 11.5. The van der Waals surface area contributed by atoms with Crippen molar-refractivity contribution in [3.05, 3.63) is 22.8 Å². The maximum atomic E-state index is 11.7. The van der Waals surface area contributed by atoms with Gasteiger partial charge in [0.1, 0.15) is 11.0 Å². The van der Waals surface area contributed by atoms with Crippen LogP contribution in [0.3, 0.4) is 0 Å². The largest absolute Gasteiger partial charge is 0.396 e. The molecule has 1 aromatic rings. The molecule has 0 spiro atoms. The normalized spacial score (nSPS) is 19.1. The Morgan fingerprint density at radius 3 is 3.12 bits per heavy atom. The Hall–Kier alpha value is -1.13. The maximum absolute atomic E-state index is 11.7. The van der Waals surface area contributed by atoms with Crippen molar-refractivity contribution in [1.82, 2.24) is 4.98 Å². The van der Waals surface area contributed by atoms with Crippen molar-refractivity contribution in [3.63, 3.8) is 0 Å². The lowest BCUT2D eigenvalue weighted by atomic mass is 9.96. The van der Waals surface area contributed by atoms with E-state index in [2.05, 4.69) is 10.3 Å². The van der Waals surface area contributed by atoms with E-state index in [9.17, 15) is 4.79 Å². The second-order valence-electron chi connectivity index (χ2n) is 3.85. The summed E-state index contributed by atoms with van der Waals surface area (Å²) in [7, 11) is 0. The number of nitrogens with one attached hydrogen (secondary N) is 1. The molecule has 2 N–H and O–H groups in total. The lowest BCUT2D eigenvalue weighted by molar-refractivity contribution is -0.119. The lowest BCUT2D eigenvalue weighted by Gasteiger charge is -2.24. The van der Waals surface area contributed by atoms with E-state index in [1.165, 1.54) is 0 Å². The van der Waals surface area contributed by atoms with Crippen molar-refractivity contribution in [2.24, 2.45) is 0 Å². The second-order valence-corrected chi connectivity index (χ2v) is 4.23. The molecule has 0 amide bonds. The molecule has 0 unspecified atom stereocenters. The molecule has 1 atom stereocenters. The number of pyridine rings is 1. The second kappa shape index (κ2) is 4.80. The first-order valence-corrected chi connectivity index (χ1v) is 5.64. The fourth-order valence-electron chi connectivity index (χ4n) is 1.82. The van der Waals surface area contributed by atoms with Crippen molar-refractivity contribution in [2.75, 3.05) is 11.9 Å². The van der Waals surface area contributed by atoms with Gasteiger partial charge in [-0.25, -0.2) is 4.98 Å². The molecule has 1 aliphatic heterocycles. The number of aliphatic hydroxyl groups is 1. The summed E-state index contributed by atoms with van der Waals surface area (Å²) >= 11 is 5.79. The number of fused-ring (bicyclic) bond motifs is 1. The van der Waals surface area contributed by atoms with Gasteiger partial charge in [-0.1, -0.05) is 17.7 Å². The monoisotopic (exact) mass is 240 g/mol. The van der Waals surface area contributed by atoms with Crippen LogP contribution in [0.2, 0.25) is 5.15 Å². The predicted octanol–water partition coefficient (Wildman–Crippen LogP) is 1.41. The van der Waals surface area contributed by atoms with E-state index >= 15 is 0 Å². The van der Waals surface area contributed by atoms with E-state index < -0.39 is 0 Å². The minimum absolute atomic E-state index is 0.0985. The molecule has 0 fully saturated rings. The van der Waals surface area contributed by atoms with Crippen LogP contribution in [0.5, 0.6) is 0 Å². The maximum Gasteiger partial charge on any atom is 0.159 e. The molecule has 0 bridgehead atoms. The van der Waals surface area contributed by atoms with Crippen LogP contribution in [0, 0.1) is 0 Å². The molecule has 2 heterocycles. The van der Waals surface area contributed by atoms with Crippen LogP contribution in [0.4, 0.5) is 5.82 Å². The van der Waals surface area contributed by atoms with Crippen LogP contribution in [0.25, 0.3) is 0 Å². The highest BCUT2D eigenvalue weighted by atomic mass is 35.5. The van der Waals surface area contributed by atoms with Crippen LogP contribution in [0.1, 0.15) is 18.4 Å². The zero-order valence-corrected chi connectivity index (χ0v) is 9.50. The fourth-order valence-corrected chi connectivity index (χ4v) is 1.96. The molecule has 1 aliphatic rings. The third-order valence-electron chi connectivity index (χ3n) is 2.66. The minimum atomic E-state index is -0.245. The molecule has 5 heteroatoms. The number of aliphatic hydroxyl groups excluding tert-OH is 1. The zero-order valence-electron chi connectivity index (χ0n) is 8.74. The van der Waals surface area contributed by atoms with Gasteiger partial charge in [-0.05, 0) is 18.9 Å². The van der Waals surface area contributed by atoms with Gasteiger partial charge in [-0.15, -0.1) is 0 Å². The molecule has 0 aliphatic carbocycles. The molecule has 1 aromatic heterocycles. The standard InChI is InChI=1S/C11H13ClN2O2/c12-10-4-3-7-6-9(16)8(2-1-5-15)13-11(7)14-10/h3-4,8,15H,1-2,5-6H2,(H,13,14)/t8-/m0/s1. The SMILES string of the molecule is O=C1Cc2ccc(Cl)nc2N[C@H]1CCCO. The van der Waals surface area contributed by atoms with Crippen LogP contribution in [-0.4, -0.2) is 28.5 Å². The van der Waals surface area contributed by atoms with E-state index in [1.54, 1.807) is 6.07 Å². The number of halogens is 1. The molecular formula is C11H13ClN2O2. The van der Waals surface area contributed by atoms with E-state index in [-0.39, 0.29) is 18.4 Å². The van der Waals surface area contributed by atoms with Crippen molar-refractivity contribution in [3.8, 4) is 0 Å². The van der Waals surface area contributed by atoms with Crippen LogP contribution in [0.15, 0.2) is 12.1 Å². The van der Waals surface area contributed by atoms with Crippen molar-refractivity contribution < 1.29 is 9.90 Å². The van der Waals surface area contributed by atoms with E-state index in [1.807, 2.05) is 6.07 Å². The lowest BCUT2D eigenvalue weighted by Crippen LogP contribution is -2.36. The summed E-state index contributed by atoms with van der Waals surface area (Å²) in [5.74, 6) is 0.833. The molecule has 4 nitrogen and oxygen atoms in total. The summed E-state index contributed by atoms with van der Waals surface area (Å²) in [6.45, 7) is 0.0985. The number of rotatable bonds is 3. The third-order valence-corrected chi connectivity index (χ3v) is 2.87. The number of ketones is 1. The summed E-state index contributed by atoms with van der Waals surface area (Å²) < 4.78 is 0. The van der Waals surface area contributed by atoms with E-state index in [4.69, 9.17) is 16.7 Å². The van der Waals surface area contributed by atoms with Gasteiger partial charge >= 0.3 is 0 Å². The Morgan fingerprint density at radius 2 is 2.38 bits per heavy atom. The number of anilines is 1. The first-order valence-electron chi connectivity index (χ1n) is 5.26. The van der Waals surface area contributed by atoms with Gasteiger partial charge in [-0.3, -0.25) is 4.79 Å². The van der Waals surface area contributed by atoms with Gasteiger partial charge < -0.3 is 10.4 Å². The van der Waals surface area contributed by atoms with Crippen molar-refractivity contribution in [1.29, 1.82) is 0 Å². The smallest absolute Gasteiger partial charge is 0.159 e. The predicted molar refractivity (Wildman–Crippen MR) is 61.7 cm³/mol. The van der Waals surface area contributed by atoms with E-state index in [0.717, 1.165) is 5.56 Å². The Labute approximate surface area is 98.6 Å². The minimum Gasteiger partial charge on any atom is -0.396 e. The number of carbonyl (C=O) groups is 1. The van der Waals surface area contributed by atoms with Crippen LogP contribution in [-0.2, 0) is 11.2 Å². The highest BCUT2D eigenvalue weighted by Crippen LogP contribution is 2.24. The van der Waals surface area contributed by atoms with Gasteiger partial charge in [0.2, 0.25) is 0 Å². The van der Waals surface area contributed by atoms with Crippen molar-refractivity contribution in [2.45, 2.75) is 25.3 Å². The number of hydrogen-bond acceptors (Lipinski definition) is 4. The van der Waals surface area contributed by atoms with E-state index in [0.29, 0.717) is 30.2 Å². The number of hydrogen-bond donors (Lipinski definition) is 2. The summed E-state index contributed by atoms with van der Waals surface area (Å²) in [6, 6.07) is 3.26. The topological polar surface area (TPSA) is 62.2 Å². The first kappa shape index (κ1) is 11.4. The number of nitrogens with zero attached hydrogens (tertiary/aromatic N) is 1. The molecule has 0 saturated heterocycles. The molecule has 16 heavy (non-hydrogen) atoms. The van der Waals surface area contributed by atoms with Crippen molar-refractivity contribution >= 4 is 23.2 Å². The number of aromatic nitrogens is 1. The van der Waals surface area contributed by atoms with Gasteiger partial charge in [-0.2, -0.15) is 0 Å². The Bertz CT molecular complexity index is 409. The third kappa shape index (κ3) is 2.33. The van der Waals surface area contributed by atoms with Crippen LogP contribution < -0.4 is 5.32 Å². The molecule has 0 saturated carbocycles. The Balaban J connectivity index is 2.16. The summed E-state index contributed by atoms with van der Waals surface area (Å²) in [4.78, 5) is 15.9. The molecule has 0 radical (unpaired) electrons. The highest BCUT2D eigenvalue weighted by Gasteiger charge is 2.25. The molecule has 2 rings (SSSR count). The average molecular weight is 241 g/mol. The molecular weight excluding hydrogens is 228 g/mol. The van der Waals surface area contributed by atoms with Gasteiger partial charge in [0.15, 0.2) is 5.78 Å². The average Bonchev–Trinajstić information content (AvgIpc) is 2.27. The molecule has 86 valence electrons. The van der Waals surface area contributed by atoms with Gasteiger partial charge in [0, 0.05) is 18.6 Å². The highest BCUT2D eigenvalue weighted by molar-refractivity contribution is 6.29. The summed E-state index contributed by atoms with van der Waals surface area (Å²) in [5, 5.41) is 12.2. The fraction of sp³-hybridized carbons (Fsp3) is 0.455. The Morgan fingerprint density at radius 1 is 1.56 bits per heavy atom. The summed E-state index contributed by atoms with van der Waals surface area (Å²) in [5.41, 5.74) is 0.884. The Kier molecular flexibility index (Phi) is 3.41. The van der Waals surface area contributed by atoms with Crippen LogP contribution >= 0.6 is 11.6 Å². The quantitative estimate of drug-likeness (QED) is 0.785. The first-order chi connectivity index (χ1) is 7.70. The van der Waals surface area contributed by atoms with Gasteiger partial charge in [0.25, 0.3) is 0 Å². The number of carbonyl (C=O) groups excluding carboxylic acids is 1. The molecule has 0 aromatic carbocycles. The van der Waals surface area contributed by atoms with Gasteiger partial charge in [0.05, 0.1) is 6.04 Å².